The minimum atomic E-state index is -1.12. The molecule has 1 aliphatic heterocycles. The third-order valence-corrected chi connectivity index (χ3v) is 7.53. The first-order chi connectivity index (χ1) is 17.3. The molecule has 0 bridgehead atoms. The van der Waals surface area contributed by atoms with Crippen LogP contribution in [0.3, 0.4) is 0 Å². The Hall–Kier alpha value is -3.07. The highest BCUT2D eigenvalue weighted by atomic mass is 16.5. The van der Waals surface area contributed by atoms with Crippen LogP contribution in [0.15, 0.2) is 18.2 Å². The molecule has 2 heterocycles. The summed E-state index contributed by atoms with van der Waals surface area (Å²) < 4.78 is 12.6. The SMILES string of the molecule is COCCN1C(=O)c2c(NC(C)=O)c3cc(OC)ccc3n2CC1(C)C(=O)NC1CCCCCCC1. The van der Waals surface area contributed by atoms with Crippen LogP contribution in [0.2, 0.25) is 0 Å². The number of methoxy groups -OCH3 is 2. The molecule has 1 unspecified atom stereocenters. The summed E-state index contributed by atoms with van der Waals surface area (Å²) in [5, 5.41) is 6.84. The van der Waals surface area contributed by atoms with Crippen LogP contribution in [0, 0.1) is 0 Å². The summed E-state index contributed by atoms with van der Waals surface area (Å²) in [6, 6.07) is 5.61. The summed E-state index contributed by atoms with van der Waals surface area (Å²) in [5.74, 6) is -0.127. The highest BCUT2D eigenvalue weighted by Gasteiger charge is 2.49. The lowest BCUT2D eigenvalue weighted by Gasteiger charge is -2.44. The molecule has 0 radical (unpaired) electrons. The predicted molar refractivity (Wildman–Crippen MR) is 138 cm³/mol. The van der Waals surface area contributed by atoms with Gasteiger partial charge in [0, 0.05) is 32.0 Å². The molecule has 0 saturated heterocycles. The number of amides is 3. The van der Waals surface area contributed by atoms with Crippen molar-refractivity contribution in [2.24, 2.45) is 0 Å². The Morgan fingerprint density at radius 2 is 1.81 bits per heavy atom. The van der Waals surface area contributed by atoms with E-state index in [-0.39, 0.29) is 36.9 Å². The van der Waals surface area contributed by atoms with Gasteiger partial charge in [0.05, 0.1) is 31.5 Å². The van der Waals surface area contributed by atoms with Crippen LogP contribution in [-0.2, 0) is 20.9 Å². The zero-order valence-electron chi connectivity index (χ0n) is 21.8. The van der Waals surface area contributed by atoms with E-state index in [4.69, 9.17) is 9.47 Å². The van der Waals surface area contributed by atoms with E-state index in [1.54, 1.807) is 19.1 Å². The van der Waals surface area contributed by atoms with Gasteiger partial charge in [-0.15, -0.1) is 0 Å². The van der Waals surface area contributed by atoms with Crippen molar-refractivity contribution in [3.63, 3.8) is 0 Å². The summed E-state index contributed by atoms with van der Waals surface area (Å²) >= 11 is 0. The predicted octanol–water partition coefficient (Wildman–Crippen LogP) is 3.70. The van der Waals surface area contributed by atoms with Gasteiger partial charge in [-0.1, -0.05) is 32.1 Å². The molecule has 1 aliphatic carbocycles. The fourth-order valence-electron chi connectivity index (χ4n) is 5.56. The zero-order chi connectivity index (χ0) is 25.9. The monoisotopic (exact) mass is 498 g/mol. The van der Waals surface area contributed by atoms with Crippen LogP contribution in [0.5, 0.6) is 5.75 Å². The van der Waals surface area contributed by atoms with Crippen molar-refractivity contribution < 1.29 is 23.9 Å². The van der Waals surface area contributed by atoms with E-state index in [0.717, 1.165) is 31.2 Å². The van der Waals surface area contributed by atoms with Crippen molar-refractivity contribution in [1.29, 1.82) is 0 Å². The quantitative estimate of drug-likeness (QED) is 0.606. The normalized spacial score (nSPS) is 21.0. The number of nitrogens with one attached hydrogen (secondary N) is 2. The summed E-state index contributed by atoms with van der Waals surface area (Å²) in [5.41, 5.74) is 0.441. The largest absolute Gasteiger partial charge is 0.497 e. The van der Waals surface area contributed by atoms with Gasteiger partial charge in [0.2, 0.25) is 11.8 Å². The van der Waals surface area contributed by atoms with Crippen molar-refractivity contribution >= 4 is 34.3 Å². The van der Waals surface area contributed by atoms with Gasteiger partial charge in [-0.2, -0.15) is 0 Å². The Kier molecular flexibility index (Phi) is 7.88. The molecule has 1 saturated carbocycles. The van der Waals surface area contributed by atoms with Crippen LogP contribution < -0.4 is 15.4 Å². The Morgan fingerprint density at radius 1 is 1.11 bits per heavy atom. The maximum absolute atomic E-state index is 14.0. The van der Waals surface area contributed by atoms with E-state index < -0.39 is 5.54 Å². The average molecular weight is 499 g/mol. The number of carbonyl (C=O) groups excluding carboxylic acids is 3. The molecule has 2 aliphatic rings. The van der Waals surface area contributed by atoms with Crippen molar-refractivity contribution in [1.82, 2.24) is 14.8 Å². The summed E-state index contributed by atoms with van der Waals surface area (Å²) in [4.78, 5) is 41.6. The fraction of sp³-hybridized carbons (Fsp3) is 0.593. The molecular weight excluding hydrogens is 460 g/mol. The van der Waals surface area contributed by atoms with E-state index in [9.17, 15) is 14.4 Å². The second-order valence-electron chi connectivity index (χ2n) is 10.1. The average Bonchev–Trinajstić information content (AvgIpc) is 3.12. The number of benzene rings is 1. The molecule has 9 nitrogen and oxygen atoms in total. The zero-order valence-corrected chi connectivity index (χ0v) is 21.8. The molecule has 3 amide bonds. The minimum absolute atomic E-state index is 0.107. The van der Waals surface area contributed by atoms with E-state index in [2.05, 4.69) is 10.6 Å². The molecule has 2 aromatic rings. The summed E-state index contributed by atoms with van der Waals surface area (Å²) in [6.07, 6.45) is 7.75. The molecule has 9 heteroatoms. The number of hydrogen-bond acceptors (Lipinski definition) is 5. The highest BCUT2D eigenvalue weighted by molar-refractivity contribution is 6.14. The van der Waals surface area contributed by atoms with Gasteiger partial charge >= 0.3 is 0 Å². The molecule has 1 fully saturated rings. The molecular formula is C27H38N4O5. The number of carbonyl (C=O) groups is 3. The first-order valence-electron chi connectivity index (χ1n) is 12.9. The fourth-order valence-corrected chi connectivity index (χ4v) is 5.56. The first-order valence-corrected chi connectivity index (χ1v) is 12.9. The number of aromatic nitrogens is 1. The summed E-state index contributed by atoms with van der Waals surface area (Å²) in [7, 11) is 3.15. The van der Waals surface area contributed by atoms with Crippen molar-refractivity contribution in [3.8, 4) is 5.75 Å². The van der Waals surface area contributed by atoms with Crippen LogP contribution in [0.4, 0.5) is 5.69 Å². The summed E-state index contributed by atoms with van der Waals surface area (Å²) in [6.45, 7) is 4.06. The van der Waals surface area contributed by atoms with E-state index in [0.29, 0.717) is 29.1 Å². The standard InChI is InChI=1S/C27H38N4O5/c1-18(32)28-23-21-16-20(36-4)12-13-22(21)30-17-27(2,31(14-15-35-3)25(33)24(23)30)26(34)29-19-10-8-6-5-7-9-11-19/h12-13,16,19H,5-11,14-15,17H2,1-4H3,(H,28,32)(H,29,34). The number of anilines is 1. The van der Waals surface area contributed by atoms with Crippen molar-refractivity contribution in [2.75, 3.05) is 32.7 Å². The van der Waals surface area contributed by atoms with E-state index in [1.807, 2.05) is 29.7 Å². The molecule has 36 heavy (non-hydrogen) atoms. The molecule has 2 N–H and O–H groups in total. The Balaban J connectivity index is 1.78. The minimum Gasteiger partial charge on any atom is -0.497 e. The Bertz CT molecular complexity index is 1130. The lowest BCUT2D eigenvalue weighted by molar-refractivity contribution is -0.134. The molecule has 196 valence electrons. The first kappa shape index (κ1) is 26.0. The number of rotatable bonds is 7. The maximum atomic E-state index is 14.0. The second kappa shape index (κ2) is 10.9. The van der Waals surface area contributed by atoms with E-state index in [1.165, 1.54) is 26.2 Å². The Morgan fingerprint density at radius 3 is 2.44 bits per heavy atom. The highest BCUT2D eigenvalue weighted by Crippen LogP contribution is 2.40. The van der Waals surface area contributed by atoms with Gasteiger partial charge in [-0.3, -0.25) is 14.4 Å². The van der Waals surface area contributed by atoms with Gasteiger partial charge in [0.15, 0.2) is 0 Å². The topological polar surface area (TPSA) is 102 Å². The van der Waals surface area contributed by atoms with Crippen LogP contribution in [0.1, 0.15) is 69.3 Å². The van der Waals surface area contributed by atoms with Crippen LogP contribution in [-0.4, -0.2) is 66.1 Å². The van der Waals surface area contributed by atoms with Crippen LogP contribution >= 0.6 is 0 Å². The van der Waals surface area contributed by atoms with Gasteiger partial charge in [0.1, 0.15) is 17.0 Å². The number of ether oxygens (including phenoxy) is 2. The maximum Gasteiger partial charge on any atom is 0.273 e. The number of nitrogens with zero attached hydrogens (tertiary/aromatic N) is 2. The van der Waals surface area contributed by atoms with Gasteiger partial charge < -0.3 is 29.6 Å². The third-order valence-electron chi connectivity index (χ3n) is 7.53. The molecule has 1 aromatic carbocycles. The van der Waals surface area contributed by atoms with Crippen molar-refractivity contribution in [2.45, 2.75) is 76.9 Å². The molecule has 1 atom stereocenters. The lowest BCUT2D eigenvalue weighted by Crippen LogP contribution is -2.65. The van der Waals surface area contributed by atoms with Gasteiger partial charge in [-0.25, -0.2) is 0 Å². The smallest absolute Gasteiger partial charge is 0.273 e. The molecule has 4 rings (SSSR count). The lowest BCUT2D eigenvalue weighted by atomic mass is 9.92. The van der Waals surface area contributed by atoms with Crippen LogP contribution in [0.25, 0.3) is 10.9 Å². The molecule has 0 spiro atoms. The van der Waals surface area contributed by atoms with Gasteiger partial charge in [-0.05, 0) is 38.0 Å². The second-order valence-corrected chi connectivity index (χ2v) is 10.1. The molecule has 1 aromatic heterocycles. The number of fused-ring (bicyclic) bond motifs is 3. The third kappa shape index (κ3) is 4.93. The van der Waals surface area contributed by atoms with Crippen molar-refractivity contribution in [3.05, 3.63) is 23.9 Å². The number of hydrogen-bond donors (Lipinski definition) is 2. The van der Waals surface area contributed by atoms with Gasteiger partial charge in [0.25, 0.3) is 5.91 Å². The van der Waals surface area contributed by atoms with E-state index >= 15 is 0 Å². The Labute approximate surface area is 212 Å².